The standard InChI is InChI=1S/C9H14N2O5S/c1-5(12)2-7(13)10-3-8(14)11-6(4-17)9(15)16/h6,17H,2-4H2,1H3,(H,10,13)(H,11,14)(H,15,16). The van der Waals surface area contributed by atoms with Gasteiger partial charge in [0.1, 0.15) is 11.8 Å². The lowest BCUT2D eigenvalue weighted by Crippen LogP contribution is -2.46. The summed E-state index contributed by atoms with van der Waals surface area (Å²) in [5.74, 6) is -2.80. The molecule has 0 aromatic rings. The zero-order chi connectivity index (χ0) is 13.4. The van der Waals surface area contributed by atoms with Crippen LogP contribution in [0.3, 0.4) is 0 Å². The van der Waals surface area contributed by atoms with Crippen LogP contribution in [0.15, 0.2) is 0 Å². The molecule has 17 heavy (non-hydrogen) atoms. The summed E-state index contributed by atoms with van der Waals surface area (Å²) < 4.78 is 0. The third kappa shape index (κ3) is 7.34. The molecule has 0 bridgehead atoms. The molecule has 1 atom stereocenters. The van der Waals surface area contributed by atoms with Crippen LogP contribution in [0, 0.1) is 0 Å². The van der Waals surface area contributed by atoms with Crippen LogP contribution in [0.1, 0.15) is 13.3 Å². The van der Waals surface area contributed by atoms with Crippen LogP contribution in [-0.4, -0.2) is 47.0 Å². The molecule has 0 aliphatic rings. The molecule has 0 heterocycles. The first kappa shape index (κ1) is 15.4. The number of Topliss-reactive ketones (excluding diaryl/α,β-unsaturated/α-hetero) is 1. The molecule has 7 nitrogen and oxygen atoms in total. The maximum Gasteiger partial charge on any atom is 0.327 e. The Morgan fingerprint density at radius 1 is 1.24 bits per heavy atom. The molecule has 0 saturated carbocycles. The Morgan fingerprint density at radius 2 is 1.82 bits per heavy atom. The number of hydrogen-bond acceptors (Lipinski definition) is 5. The van der Waals surface area contributed by atoms with Crippen molar-refractivity contribution in [3.8, 4) is 0 Å². The minimum Gasteiger partial charge on any atom is -0.480 e. The van der Waals surface area contributed by atoms with E-state index < -0.39 is 23.8 Å². The molecule has 0 radical (unpaired) electrons. The Morgan fingerprint density at radius 3 is 2.24 bits per heavy atom. The lowest BCUT2D eigenvalue weighted by Gasteiger charge is -2.11. The van der Waals surface area contributed by atoms with Gasteiger partial charge in [0.25, 0.3) is 0 Å². The number of thiol groups is 1. The first-order valence-corrected chi connectivity index (χ1v) is 5.39. The predicted octanol–water partition coefficient (Wildman–Crippen LogP) is -1.42. The van der Waals surface area contributed by atoms with Crippen LogP contribution in [-0.2, 0) is 19.2 Å². The van der Waals surface area contributed by atoms with Gasteiger partial charge in [-0.05, 0) is 6.92 Å². The van der Waals surface area contributed by atoms with Gasteiger partial charge in [0, 0.05) is 5.75 Å². The zero-order valence-corrected chi connectivity index (χ0v) is 10.1. The second-order valence-electron chi connectivity index (χ2n) is 3.30. The number of aliphatic carboxylic acids is 1. The average Bonchev–Trinajstić information content (AvgIpc) is 2.21. The predicted molar refractivity (Wildman–Crippen MR) is 61.7 cm³/mol. The molecule has 96 valence electrons. The van der Waals surface area contributed by atoms with Crippen LogP contribution in [0.25, 0.3) is 0 Å². The Hall–Kier alpha value is -1.57. The molecule has 0 aliphatic heterocycles. The SMILES string of the molecule is CC(=O)CC(=O)NCC(=O)NC(CS)C(=O)O. The van der Waals surface area contributed by atoms with E-state index in [4.69, 9.17) is 5.11 Å². The third-order valence-corrected chi connectivity index (χ3v) is 2.04. The molecule has 0 fully saturated rings. The minimum atomic E-state index is -1.21. The smallest absolute Gasteiger partial charge is 0.327 e. The normalized spacial score (nSPS) is 11.4. The largest absolute Gasteiger partial charge is 0.480 e. The van der Waals surface area contributed by atoms with Gasteiger partial charge < -0.3 is 15.7 Å². The van der Waals surface area contributed by atoms with Crippen LogP contribution >= 0.6 is 12.6 Å². The number of rotatable bonds is 7. The Balaban J connectivity index is 3.98. The summed E-state index contributed by atoms with van der Waals surface area (Å²) in [7, 11) is 0. The molecule has 0 aliphatic carbocycles. The second-order valence-corrected chi connectivity index (χ2v) is 3.66. The summed E-state index contributed by atoms with van der Waals surface area (Å²) in [4.78, 5) is 43.3. The topological polar surface area (TPSA) is 113 Å². The monoisotopic (exact) mass is 262 g/mol. The van der Waals surface area contributed by atoms with E-state index in [1.54, 1.807) is 0 Å². The summed E-state index contributed by atoms with van der Waals surface area (Å²) in [6.45, 7) is 0.880. The number of hydrogen-bond donors (Lipinski definition) is 4. The van der Waals surface area contributed by atoms with Crippen molar-refractivity contribution in [1.82, 2.24) is 10.6 Å². The van der Waals surface area contributed by atoms with Gasteiger partial charge in [-0.15, -0.1) is 0 Å². The summed E-state index contributed by atoms with van der Waals surface area (Å²) in [5.41, 5.74) is 0. The molecule has 0 rings (SSSR count). The summed E-state index contributed by atoms with van der Waals surface area (Å²) in [6.07, 6.45) is -0.303. The van der Waals surface area contributed by atoms with Crippen molar-refractivity contribution in [1.29, 1.82) is 0 Å². The Bertz CT molecular complexity index is 331. The van der Waals surface area contributed by atoms with Gasteiger partial charge >= 0.3 is 5.97 Å². The van der Waals surface area contributed by atoms with E-state index in [0.717, 1.165) is 0 Å². The van der Waals surface area contributed by atoms with Gasteiger partial charge in [0.2, 0.25) is 11.8 Å². The molecule has 0 aromatic heterocycles. The molecule has 0 spiro atoms. The quantitative estimate of drug-likeness (QED) is 0.332. The zero-order valence-electron chi connectivity index (χ0n) is 9.23. The lowest BCUT2D eigenvalue weighted by atomic mass is 10.3. The van der Waals surface area contributed by atoms with Crippen molar-refractivity contribution < 1.29 is 24.3 Å². The minimum absolute atomic E-state index is 0.0531. The van der Waals surface area contributed by atoms with Gasteiger partial charge in [0.15, 0.2) is 0 Å². The van der Waals surface area contributed by atoms with Crippen molar-refractivity contribution >= 4 is 36.2 Å². The number of amides is 2. The summed E-state index contributed by atoms with van der Waals surface area (Å²) in [6, 6.07) is -1.10. The van der Waals surface area contributed by atoms with Crippen molar-refractivity contribution in [2.45, 2.75) is 19.4 Å². The summed E-state index contributed by atoms with van der Waals surface area (Å²) in [5, 5.41) is 13.0. The van der Waals surface area contributed by atoms with E-state index in [2.05, 4.69) is 23.3 Å². The average molecular weight is 262 g/mol. The van der Waals surface area contributed by atoms with E-state index in [-0.39, 0.29) is 24.5 Å². The van der Waals surface area contributed by atoms with E-state index in [1.165, 1.54) is 6.92 Å². The maximum absolute atomic E-state index is 11.2. The van der Waals surface area contributed by atoms with Crippen LogP contribution in [0.2, 0.25) is 0 Å². The van der Waals surface area contributed by atoms with Crippen molar-refractivity contribution in [3.63, 3.8) is 0 Å². The number of ketones is 1. The number of carbonyl (C=O) groups is 4. The van der Waals surface area contributed by atoms with Gasteiger partial charge in [-0.25, -0.2) is 4.79 Å². The molecule has 8 heteroatoms. The van der Waals surface area contributed by atoms with E-state index in [0.29, 0.717) is 0 Å². The summed E-state index contributed by atoms with van der Waals surface area (Å²) >= 11 is 3.76. The number of carboxylic acid groups (broad SMARTS) is 1. The second kappa shape index (κ2) is 7.66. The Kier molecular flexibility index (Phi) is 6.95. The van der Waals surface area contributed by atoms with Gasteiger partial charge in [-0.3, -0.25) is 14.4 Å². The van der Waals surface area contributed by atoms with Gasteiger partial charge in [-0.2, -0.15) is 12.6 Å². The highest BCUT2D eigenvalue weighted by molar-refractivity contribution is 7.80. The molecule has 0 aromatic carbocycles. The fourth-order valence-corrected chi connectivity index (χ4v) is 1.15. The van der Waals surface area contributed by atoms with E-state index in [1.807, 2.05) is 0 Å². The first-order valence-electron chi connectivity index (χ1n) is 4.76. The Labute approximate surface area is 103 Å². The highest BCUT2D eigenvalue weighted by atomic mass is 32.1. The maximum atomic E-state index is 11.2. The lowest BCUT2D eigenvalue weighted by molar-refractivity contribution is -0.141. The van der Waals surface area contributed by atoms with Crippen LogP contribution < -0.4 is 10.6 Å². The molecule has 1 unspecified atom stereocenters. The fraction of sp³-hybridized carbons (Fsp3) is 0.556. The highest BCUT2D eigenvalue weighted by Crippen LogP contribution is 1.88. The molecule has 2 amide bonds. The van der Waals surface area contributed by atoms with E-state index in [9.17, 15) is 19.2 Å². The molecular weight excluding hydrogens is 248 g/mol. The van der Waals surface area contributed by atoms with Crippen molar-refractivity contribution in [3.05, 3.63) is 0 Å². The number of carboxylic acids is 1. The number of nitrogens with one attached hydrogen (secondary N) is 2. The van der Waals surface area contributed by atoms with Crippen molar-refractivity contribution in [2.24, 2.45) is 0 Å². The van der Waals surface area contributed by atoms with E-state index >= 15 is 0 Å². The van der Waals surface area contributed by atoms with Gasteiger partial charge in [-0.1, -0.05) is 0 Å². The molecule has 0 saturated heterocycles. The van der Waals surface area contributed by atoms with Gasteiger partial charge in [0.05, 0.1) is 13.0 Å². The highest BCUT2D eigenvalue weighted by Gasteiger charge is 2.18. The number of carbonyl (C=O) groups excluding carboxylic acids is 3. The van der Waals surface area contributed by atoms with Crippen LogP contribution in [0.4, 0.5) is 0 Å². The van der Waals surface area contributed by atoms with Crippen LogP contribution in [0.5, 0.6) is 0 Å². The van der Waals surface area contributed by atoms with Crippen molar-refractivity contribution in [2.75, 3.05) is 12.3 Å². The molecule has 3 N–H and O–H groups in total. The first-order chi connectivity index (χ1) is 7.86. The molecular formula is C9H14N2O5S. The fourth-order valence-electron chi connectivity index (χ4n) is 0.898. The third-order valence-electron chi connectivity index (χ3n) is 1.67.